The van der Waals surface area contributed by atoms with Crippen LogP contribution in [0.4, 0.5) is 13.2 Å². The molecule has 2 amide bonds. The van der Waals surface area contributed by atoms with E-state index in [0.29, 0.717) is 29.5 Å². The number of benzene rings is 1. The molecule has 9 nitrogen and oxygen atoms in total. The van der Waals surface area contributed by atoms with E-state index in [9.17, 15) is 32.3 Å². The Morgan fingerprint density at radius 1 is 0.981 bits per heavy atom. The first-order valence-corrected chi connectivity index (χ1v) is 21.6. The number of likely N-dealkylation sites (N-methyl/N-ethyl adjacent to an activating group) is 1. The Bertz CT molecular complexity index is 1370. The van der Waals surface area contributed by atoms with E-state index in [1.165, 1.54) is 11.9 Å². The number of halogens is 4. The Morgan fingerprint density at radius 2 is 1.56 bits per heavy atom. The monoisotopic (exact) mass is 868 g/mol. The number of carbonyl (C=O) groups excluding carboxylic acids is 4. The summed E-state index contributed by atoms with van der Waals surface area (Å²) in [4.78, 5) is 53.8. The van der Waals surface area contributed by atoms with Crippen LogP contribution in [0, 0.1) is 27.2 Å². The number of amides is 2. The molecular formula is C38H60F3IN2O7Si. The van der Waals surface area contributed by atoms with Gasteiger partial charge in [0.1, 0.15) is 24.0 Å². The highest BCUT2D eigenvalue weighted by Gasteiger charge is 2.47. The number of carbonyl (C=O) groups is 4. The van der Waals surface area contributed by atoms with Gasteiger partial charge in [0.05, 0.1) is 10.1 Å². The molecule has 1 aliphatic heterocycles. The minimum atomic E-state index is -5.20. The van der Waals surface area contributed by atoms with Crippen molar-refractivity contribution in [2.24, 2.45) is 23.7 Å². The molecule has 1 heterocycles. The molecule has 52 heavy (non-hydrogen) atoms. The normalized spacial score (nSPS) is 25.1. The molecule has 0 aromatic heterocycles. The van der Waals surface area contributed by atoms with E-state index in [4.69, 9.17) is 13.9 Å². The quantitative estimate of drug-likeness (QED) is 0.151. The third-order valence-corrected chi connectivity index (χ3v) is 17.4. The summed E-state index contributed by atoms with van der Waals surface area (Å²) in [6.45, 7) is 21.7. The van der Waals surface area contributed by atoms with E-state index in [1.807, 2.05) is 25.1 Å². The predicted octanol–water partition coefficient (Wildman–Crippen LogP) is 8.47. The second-order valence-corrected chi connectivity index (χ2v) is 22.5. The Kier molecular flexibility index (Phi) is 17.0. The van der Waals surface area contributed by atoms with E-state index < -0.39 is 62.4 Å². The van der Waals surface area contributed by atoms with E-state index >= 15 is 0 Å². The number of esters is 2. The average molecular weight is 869 g/mol. The van der Waals surface area contributed by atoms with E-state index in [-0.39, 0.29) is 37.1 Å². The zero-order chi connectivity index (χ0) is 39.9. The van der Waals surface area contributed by atoms with Crippen molar-refractivity contribution in [2.75, 3.05) is 13.6 Å². The molecule has 296 valence electrons. The fourth-order valence-corrected chi connectivity index (χ4v) is 13.8. The van der Waals surface area contributed by atoms with Crippen molar-refractivity contribution in [2.45, 2.75) is 143 Å². The van der Waals surface area contributed by atoms with Crippen LogP contribution < -0.4 is 9.74 Å². The van der Waals surface area contributed by atoms with Crippen LogP contribution in [0.25, 0.3) is 0 Å². The van der Waals surface area contributed by atoms with Crippen molar-refractivity contribution < 1.29 is 46.2 Å². The average Bonchev–Trinajstić information content (AvgIpc) is 3.02. The SMILES string of the molecule is CC(C)[C@@H]1C[C@H](OC(=O)C(F)(F)F)[C@H](C)C[C@H](C)C[C@H](C)C(=O)NCC(=O)N(C)[C@H](Cc2ccc(O[Si](C(C)C)(C(C)C)C(C)C)c(I)c2)C(=O)O1. The van der Waals surface area contributed by atoms with Gasteiger partial charge < -0.3 is 24.1 Å². The van der Waals surface area contributed by atoms with Crippen LogP contribution in [0.3, 0.4) is 0 Å². The first-order valence-electron chi connectivity index (χ1n) is 18.4. The largest absolute Gasteiger partial charge is 0.542 e. The second kappa shape index (κ2) is 19.3. The van der Waals surface area contributed by atoms with E-state index in [0.717, 1.165) is 14.9 Å². The highest BCUT2D eigenvalue weighted by molar-refractivity contribution is 14.1. The maximum absolute atomic E-state index is 14.1. The number of hydrogen-bond donors (Lipinski definition) is 1. The molecule has 0 bridgehead atoms. The standard InChI is InChI=1S/C38H60F3IN2O7Si/c1-21(2)32-19-33(50-37(48)38(39,40)41)26(10)15-25(9)16-27(11)35(46)43-20-34(45)44(12)30(36(47)49-32)18-28-13-14-31(29(42)17-28)51-52(22(3)4,23(5)6)24(7)8/h13-14,17,21-27,30,32-33H,15-16,18-20H2,1-12H3,(H,43,46)/t25-,26+,27-,30+,32-,33-/m0/s1. The Labute approximate surface area is 323 Å². The smallest absolute Gasteiger partial charge is 0.490 e. The van der Waals surface area contributed by atoms with Gasteiger partial charge in [-0.25, -0.2) is 9.59 Å². The Balaban J connectivity index is 2.56. The van der Waals surface area contributed by atoms with Crippen LogP contribution in [0.15, 0.2) is 18.2 Å². The number of nitrogens with one attached hydrogen (secondary N) is 1. The molecule has 6 atom stereocenters. The van der Waals surface area contributed by atoms with Crippen LogP contribution in [-0.2, 0) is 35.1 Å². The lowest BCUT2D eigenvalue weighted by atomic mass is 9.84. The Morgan fingerprint density at radius 3 is 2.06 bits per heavy atom. The van der Waals surface area contributed by atoms with Gasteiger partial charge in [0, 0.05) is 25.8 Å². The summed E-state index contributed by atoms with van der Waals surface area (Å²) < 4.78 is 59.0. The van der Waals surface area contributed by atoms with Crippen molar-refractivity contribution in [3.05, 3.63) is 27.3 Å². The van der Waals surface area contributed by atoms with Crippen molar-refractivity contribution in [1.82, 2.24) is 10.2 Å². The van der Waals surface area contributed by atoms with Crippen LogP contribution in [0.1, 0.15) is 101 Å². The maximum Gasteiger partial charge on any atom is 0.490 e. The summed E-state index contributed by atoms with van der Waals surface area (Å²) in [7, 11) is -0.797. The van der Waals surface area contributed by atoms with Crippen molar-refractivity contribution in [3.63, 3.8) is 0 Å². The number of rotatable bonds is 9. The molecule has 1 aliphatic rings. The molecule has 1 saturated heterocycles. The second-order valence-electron chi connectivity index (χ2n) is 16.0. The van der Waals surface area contributed by atoms with Crippen LogP contribution in [0.5, 0.6) is 5.75 Å². The van der Waals surface area contributed by atoms with Gasteiger partial charge in [0.2, 0.25) is 11.8 Å². The van der Waals surface area contributed by atoms with Gasteiger partial charge in [-0.15, -0.1) is 0 Å². The number of hydrogen-bond acceptors (Lipinski definition) is 7. The van der Waals surface area contributed by atoms with Crippen LogP contribution >= 0.6 is 22.6 Å². The van der Waals surface area contributed by atoms with Gasteiger partial charge in [0.15, 0.2) is 0 Å². The number of nitrogens with zero attached hydrogens (tertiary/aromatic N) is 1. The lowest BCUT2D eigenvalue weighted by molar-refractivity contribution is -0.209. The van der Waals surface area contributed by atoms with E-state index in [2.05, 4.69) is 69.5 Å². The third kappa shape index (κ3) is 12.1. The molecule has 1 aromatic rings. The fraction of sp³-hybridized carbons (Fsp3) is 0.737. The van der Waals surface area contributed by atoms with Crippen LogP contribution in [0.2, 0.25) is 16.6 Å². The molecule has 1 aromatic carbocycles. The first-order chi connectivity index (χ1) is 23.9. The number of alkyl halides is 3. The maximum atomic E-state index is 14.1. The van der Waals surface area contributed by atoms with Gasteiger partial charge >= 0.3 is 18.1 Å². The summed E-state index contributed by atoms with van der Waals surface area (Å²) in [5.41, 5.74) is 1.81. The minimum absolute atomic E-state index is 0.0635. The topological polar surface area (TPSA) is 111 Å². The molecule has 14 heteroatoms. The van der Waals surface area contributed by atoms with Gasteiger partial charge in [-0.05, 0) is 87.5 Å². The summed E-state index contributed by atoms with van der Waals surface area (Å²) >= 11 is 2.22. The van der Waals surface area contributed by atoms with Crippen molar-refractivity contribution in [3.8, 4) is 5.75 Å². The highest BCUT2D eigenvalue weighted by Crippen LogP contribution is 2.43. The predicted molar refractivity (Wildman–Crippen MR) is 206 cm³/mol. The lowest BCUT2D eigenvalue weighted by Crippen LogP contribution is -2.51. The van der Waals surface area contributed by atoms with Gasteiger partial charge in [-0.2, -0.15) is 13.2 Å². The minimum Gasteiger partial charge on any atom is -0.542 e. The third-order valence-electron chi connectivity index (χ3n) is 10.5. The molecule has 1 fully saturated rings. The zero-order valence-electron chi connectivity index (χ0n) is 32.9. The molecule has 2 rings (SSSR count). The zero-order valence-corrected chi connectivity index (χ0v) is 36.0. The first kappa shape index (κ1) is 45.8. The highest BCUT2D eigenvalue weighted by atomic mass is 127. The van der Waals surface area contributed by atoms with E-state index in [1.54, 1.807) is 27.7 Å². The lowest BCUT2D eigenvalue weighted by Gasteiger charge is -2.42. The fourth-order valence-electron chi connectivity index (χ4n) is 7.64. The number of cyclic esters (lactones) is 1. The Hall–Kier alpha value is -2.36. The van der Waals surface area contributed by atoms with Gasteiger partial charge in [-0.1, -0.05) is 82.2 Å². The molecule has 0 radical (unpaired) electrons. The number of ether oxygens (including phenoxy) is 2. The van der Waals surface area contributed by atoms with Crippen LogP contribution in [-0.4, -0.2) is 75.0 Å². The van der Waals surface area contributed by atoms with Gasteiger partial charge in [-0.3, -0.25) is 9.59 Å². The van der Waals surface area contributed by atoms with Gasteiger partial charge in [0.25, 0.3) is 8.32 Å². The molecule has 0 aliphatic carbocycles. The summed E-state index contributed by atoms with van der Waals surface area (Å²) in [5, 5.41) is 2.68. The molecular weight excluding hydrogens is 808 g/mol. The van der Waals surface area contributed by atoms with Crippen molar-refractivity contribution in [1.29, 1.82) is 0 Å². The molecule has 1 N–H and O–H groups in total. The molecule has 0 unspecified atom stereocenters. The summed E-state index contributed by atoms with van der Waals surface area (Å²) in [5.74, 6) is -4.71. The summed E-state index contributed by atoms with van der Waals surface area (Å²) in [6, 6.07) is 4.54. The molecule has 0 spiro atoms. The van der Waals surface area contributed by atoms with Crippen molar-refractivity contribution >= 4 is 54.7 Å². The summed E-state index contributed by atoms with van der Waals surface area (Å²) in [6.07, 6.45) is -6.70. The molecule has 0 saturated carbocycles.